The molecule has 8 atom stereocenters. The molecular weight excluding hydrogens is 1100 g/mol. The van der Waals surface area contributed by atoms with Crippen LogP contribution >= 0.6 is 0 Å². The summed E-state index contributed by atoms with van der Waals surface area (Å²) in [5.41, 5.74) is 16.4. The van der Waals surface area contributed by atoms with E-state index in [4.69, 9.17) is 18.9 Å². The van der Waals surface area contributed by atoms with Gasteiger partial charge in [-0.05, 0) is 145 Å². The third kappa shape index (κ3) is 17.8. The molecule has 0 radical (unpaired) electrons. The highest BCUT2D eigenvalue weighted by molar-refractivity contribution is 5.59. The second-order valence-corrected chi connectivity index (χ2v) is 27.7. The molecule has 8 nitrogen and oxygen atoms in total. The van der Waals surface area contributed by atoms with Gasteiger partial charge in [0.25, 0.3) is 0 Å². The first-order chi connectivity index (χ1) is 42.2. The number of unbranched alkanes of at least 4 members (excludes halogenated alkanes) is 3. The number of hydrogen-bond donors (Lipinski definition) is 4. The lowest BCUT2D eigenvalue weighted by Crippen LogP contribution is -2.22. The van der Waals surface area contributed by atoms with Gasteiger partial charge < -0.3 is 39.4 Å². The van der Waals surface area contributed by atoms with Crippen molar-refractivity contribution in [2.75, 3.05) is 26.4 Å². The van der Waals surface area contributed by atoms with Crippen LogP contribution < -0.4 is 18.9 Å². The zero-order chi connectivity index (χ0) is 65.0. The fourth-order valence-electron chi connectivity index (χ4n) is 12.4. The molecule has 0 aliphatic heterocycles. The van der Waals surface area contributed by atoms with Gasteiger partial charge in [0.05, 0.1) is 24.4 Å². The molecule has 4 N–H and O–H groups in total. The zero-order valence-electron chi connectivity index (χ0n) is 57.1. The lowest BCUT2D eigenvalue weighted by molar-refractivity contribution is 0.121. The highest BCUT2D eigenvalue weighted by Crippen LogP contribution is 2.48. The molecule has 0 spiro atoms. The van der Waals surface area contributed by atoms with Gasteiger partial charge in [-0.1, -0.05) is 224 Å². The second-order valence-electron chi connectivity index (χ2n) is 27.7. The van der Waals surface area contributed by atoms with Crippen LogP contribution in [0, 0.1) is 6.92 Å². The second kappa shape index (κ2) is 31.1. The Balaban J connectivity index is 1.41. The van der Waals surface area contributed by atoms with Crippen molar-refractivity contribution in [1.29, 1.82) is 0 Å². The van der Waals surface area contributed by atoms with E-state index in [1.165, 1.54) is 47.1 Å². The highest BCUT2D eigenvalue weighted by atomic mass is 16.5. The molecule has 0 fully saturated rings. The lowest BCUT2D eigenvalue weighted by Gasteiger charge is -2.32. The first kappa shape index (κ1) is 70.0. The minimum atomic E-state index is -0.702. The van der Waals surface area contributed by atoms with Crippen LogP contribution in [0.2, 0.25) is 0 Å². The SMILES string of the molecule is CCCCCC(C)(C)c1ccc(C(C)c2cc(C(C)(C)c3ccc(OCC(C)O)cc3)cc(C(C)c3cccc(C(C)c4cc(C(C)(C)c5ccc(OCC(C)O)cc5)cc(C(C)c5ccc(CCCC)c(C)c5)c4OCC(C)O)c3)c2OCC(C)O)cc1. The molecule has 480 valence electrons. The van der Waals surface area contributed by atoms with Crippen molar-refractivity contribution in [1.82, 2.24) is 0 Å². The third-order valence-corrected chi connectivity index (χ3v) is 18.8. The Bertz CT molecular complexity index is 3350. The van der Waals surface area contributed by atoms with Crippen molar-refractivity contribution < 1.29 is 39.4 Å². The molecule has 8 heteroatoms. The van der Waals surface area contributed by atoms with Gasteiger partial charge in [0, 0.05) is 56.8 Å². The van der Waals surface area contributed by atoms with Gasteiger partial charge in [-0.25, -0.2) is 0 Å². The summed E-state index contributed by atoms with van der Waals surface area (Å²) in [6, 6.07) is 51.0. The first-order valence-electron chi connectivity index (χ1n) is 33.3. The predicted octanol–water partition coefficient (Wildman–Crippen LogP) is 18.5. The number of rotatable bonds is 32. The molecule has 7 aromatic carbocycles. The Morgan fingerprint density at radius 3 is 1.11 bits per heavy atom. The number of hydrogen-bond acceptors (Lipinski definition) is 8. The quantitative estimate of drug-likeness (QED) is 0.0308. The van der Waals surface area contributed by atoms with Crippen molar-refractivity contribution in [3.8, 4) is 23.0 Å². The van der Waals surface area contributed by atoms with Crippen LogP contribution in [0.5, 0.6) is 23.0 Å². The van der Waals surface area contributed by atoms with E-state index in [-0.39, 0.29) is 55.5 Å². The van der Waals surface area contributed by atoms with Crippen LogP contribution in [-0.4, -0.2) is 71.3 Å². The lowest BCUT2D eigenvalue weighted by atomic mass is 9.73. The Morgan fingerprint density at radius 1 is 0.371 bits per heavy atom. The molecule has 89 heavy (non-hydrogen) atoms. The van der Waals surface area contributed by atoms with Crippen molar-refractivity contribution in [2.45, 2.75) is 227 Å². The molecule has 0 bridgehead atoms. The largest absolute Gasteiger partial charge is 0.491 e. The van der Waals surface area contributed by atoms with E-state index in [0.717, 1.165) is 92.8 Å². The summed E-state index contributed by atoms with van der Waals surface area (Å²) in [5.74, 6) is 2.52. The van der Waals surface area contributed by atoms with Gasteiger partial charge >= 0.3 is 0 Å². The summed E-state index contributed by atoms with van der Waals surface area (Å²) in [4.78, 5) is 0. The number of aryl methyl sites for hydroxylation is 2. The van der Waals surface area contributed by atoms with Crippen LogP contribution in [0.3, 0.4) is 0 Å². The van der Waals surface area contributed by atoms with Gasteiger partial charge in [0.1, 0.15) is 49.4 Å². The monoisotopic (exact) mass is 1210 g/mol. The molecule has 7 rings (SSSR count). The van der Waals surface area contributed by atoms with Gasteiger partial charge in [-0.15, -0.1) is 0 Å². The number of aliphatic hydroxyl groups is 4. The van der Waals surface area contributed by atoms with Crippen molar-refractivity contribution in [3.63, 3.8) is 0 Å². The Hall–Kier alpha value is -6.42. The molecule has 0 aliphatic carbocycles. The number of ether oxygens (including phenoxy) is 4. The normalized spacial score (nSPS) is 14.9. The van der Waals surface area contributed by atoms with Crippen LogP contribution in [0.4, 0.5) is 0 Å². The van der Waals surface area contributed by atoms with Gasteiger partial charge in [0.15, 0.2) is 0 Å². The molecule has 0 saturated carbocycles. The molecule has 0 aromatic heterocycles. The average molecular weight is 1210 g/mol. The molecule has 7 aromatic rings. The number of benzene rings is 7. The maximum absolute atomic E-state index is 11.0. The van der Waals surface area contributed by atoms with E-state index < -0.39 is 35.2 Å². The van der Waals surface area contributed by atoms with Crippen LogP contribution in [0.25, 0.3) is 0 Å². The van der Waals surface area contributed by atoms with Gasteiger partial charge in [-0.2, -0.15) is 0 Å². The third-order valence-electron chi connectivity index (χ3n) is 18.8. The molecule has 0 saturated heterocycles. The predicted molar refractivity (Wildman–Crippen MR) is 369 cm³/mol. The van der Waals surface area contributed by atoms with Crippen LogP contribution in [-0.2, 0) is 22.7 Å². The summed E-state index contributed by atoms with van der Waals surface area (Å²) in [5, 5.41) is 41.9. The maximum atomic E-state index is 11.0. The molecular formula is C81H108O8. The summed E-state index contributed by atoms with van der Waals surface area (Å²) in [6.45, 7) is 37.4. The van der Waals surface area contributed by atoms with Crippen molar-refractivity contribution in [3.05, 3.63) is 223 Å². The zero-order valence-corrected chi connectivity index (χ0v) is 57.1. The van der Waals surface area contributed by atoms with Crippen molar-refractivity contribution >= 4 is 0 Å². The average Bonchev–Trinajstić information content (AvgIpc) is 0.969. The summed E-state index contributed by atoms with van der Waals surface area (Å²) in [6.07, 6.45) is 5.55. The van der Waals surface area contributed by atoms with E-state index in [0.29, 0.717) is 11.5 Å². The molecule has 0 aliphatic rings. The Labute approximate surface area is 536 Å². The van der Waals surface area contributed by atoms with Crippen LogP contribution in [0.1, 0.15) is 256 Å². The van der Waals surface area contributed by atoms with Crippen molar-refractivity contribution in [2.24, 2.45) is 0 Å². The minimum Gasteiger partial charge on any atom is -0.491 e. The standard InChI is InChI=1S/C81H108O8/c1-18-20-22-41-79(12,13)66-31-29-62(30-32-66)57(8)73-44-69(80(14,15)67-33-37-71(38-34-67)86-48-53(4)82)45-74(77(73)88-50-55(6)84)58(9)63-25-23-26-64(43-63)59(10)75-46-70(81(16,17)68-35-39-72(40-36-68)87-49-54(5)83)47-76(78(75)89-51-56(7)85)60(11)65-28-27-61(24-21-19-2)52(3)42-65/h23,25-40,42-47,53-60,82-85H,18-22,24,41,48-51H2,1-17H3. The maximum Gasteiger partial charge on any atom is 0.127 e. The van der Waals surface area contributed by atoms with E-state index in [2.05, 4.69) is 205 Å². The molecule has 0 heterocycles. The topological polar surface area (TPSA) is 118 Å². The summed E-state index contributed by atoms with van der Waals surface area (Å²) < 4.78 is 25.8. The van der Waals surface area contributed by atoms with E-state index in [1.807, 2.05) is 24.3 Å². The fourth-order valence-corrected chi connectivity index (χ4v) is 12.4. The van der Waals surface area contributed by atoms with E-state index in [1.54, 1.807) is 27.7 Å². The molecule has 8 unspecified atom stereocenters. The Morgan fingerprint density at radius 2 is 0.730 bits per heavy atom. The van der Waals surface area contributed by atoms with Gasteiger partial charge in [-0.3, -0.25) is 0 Å². The molecule has 0 amide bonds. The first-order valence-corrected chi connectivity index (χ1v) is 33.3. The summed E-state index contributed by atoms with van der Waals surface area (Å²) >= 11 is 0. The minimum absolute atomic E-state index is 0.0497. The van der Waals surface area contributed by atoms with E-state index >= 15 is 0 Å². The smallest absolute Gasteiger partial charge is 0.127 e. The van der Waals surface area contributed by atoms with Gasteiger partial charge in [0.2, 0.25) is 0 Å². The fraction of sp³-hybridized carbons (Fsp3) is 0.481. The Kier molecular flexibility index (Phi) is 24.4. The number of aliphatic hydroxyl groups excluding tert-OH is 4. The summed E-state index contributed by atoms with van der Waals surface area (Å²) in [7, 11) is 0. The highest BCUT2D eigenvalue weighted by Gasteiger charge is 2.33. The van der Waals surface area contributed by atoms with Crippen LogP contribution in [0.15, 0.2) is 140 Å². The van der Waals surface area contributed by atoms with E-state index in [9.17, 15) is 20.4 Å².